The van der Waals surface area contributed by atoms with Crippen LogP contribution in [0.4, 0.5) is 20.2 Å². The normalized spacial score (nSPS) is 13.6. The lowest BCUT2D eigenvalue weighted by Crippen LogP contribution is -2.29. The molecule has 0 bridgehead atoms. The molecular weight excluding hydrogens is 506 g/mol. The van der Waals surface area contributed by atoms with Crippen LogP contribution in [0.15, 0.2) is 65.3 Å². The van der Waals surface area contributed by atoms with E-state index in [1.165, 1.54) is 30.3 Å². The van der Waals surface area contributed by atoms with Crippen LogP contribution in [0.5, 0.6) is 0 Å². The first kappa shape index (κ1) is 26.6. The smallest absolute Gasteiger partial charge is 0.291 e. The maximum atomic E-state index is 14.9. The number of hydrogen-bond donors (Lipinski definition) is 3. The van der Waals surface area contributed by atoms with E-state index < -0.39 is 11.7 Å². The predicted octanol–water partition coefficient (Wildman–Crippen LogP) is 5.25. The molecule has 0 aliphatic heterocycles. The van der Waals surface area contributed by atoms with Crippen LogP contribution in [-0.4, -0.2) is 52.0 Å². The van der Waals surface area contributed by atoms with E-state index in [-0.39, 0.29) is 49.6 Å². The molecule has 5 rings (SSSR count). The molecule has 0 atom stereocenters. The van der Waals surface area contributed by atoms with E-state index in [9.17, 15) is 23.8 Å². The molecule has 2 aromatic carbocycles. The molecule has 39 heavy (non-hydrogen) atoms. The van der Waals surface area contributed by atoms with Crippen LogP contribution in [0.2, 0.25) is 0 Å². The second-order valence-electron chi connectivity index (χ2n) is 9.51. The second kappa shape index (κ2) is 11.8. The molecule has 2 aromatic heterocycles. The van der Waals surface area contributed by atoms with Crippen molar-refractivity contribution in [2.24, 2.45) is 0 Å². The van der Waals surface area contributed by atoms with Gasteiger partial charge in [0, 0.05) is 30.4 Å². The Morgan fingerprint density at radius 3 is 2.41 bits per heavy atom. The number of carbonyl (C=O) groups excluding carboxylic acids is 1. The number of carbonyl (C=O) groups is 1. The molecule has 1 saturated carbocycles. The fraction of sp³-hybridized carbons (Fsp3) is 0.310. The first-order valence-electron chi connectivity index (χ1n) is 13.0. The van der Waals surface area contributed by atoms with Gasteiger partial charge in [0.1, 0.15) is 17.3 Å². The Labute approximate surface area is 224 Å². The minimum absolute atomic E-state index is 0.0000999. The third-order valence-electron chi connectivity index (χ3n) is 7.00. The van der Waals surface area contributed by atoms with Gasteiger partial charge in [0.2, 0.25) is 0 Å². The molecule has 1 aliphatic carbocycles. The van der Waals surface area contributed by atoms with Crippen LogP contribution < -0.4 is 10.2 Å². The summed E-state index contributed by atoms with van der Waals surface area (Å²) in [4.78, 5) is 19.2. The maximum Gasteiger partial charge on any atom is 0.291 e. The van der Waals surface area contributed by atoms with E-state index in [4.69, 9.17) is 4.42 Å². The lowest BCUT2D eigenvalue weighted by atomic mass is 10.1. The van der Waals surface area contributed by atoms with Gasteiger partial charge >= 0.3 is 0 Å². The van der Waals surface area contributed by atoms with Gasteiger partial charge in [0.15, 0.2) is 11.5 Å². The molecule has 0 radical (unpaired) electrons. The molecule has 1 aliphatic rings. The quantitative estimate of drug-likeness (QED) is 0.256. The van der Waals surface area contributed by atoms with Crippen molar-refractivity contribution < 1.29 is 28.2 Å². The number of anilines is 2. The number of halogens is 2. The number of amides is 1. The summed E-state index contributed by atoms with van der Waals surface area (Å²) in [6, 6.07) is 13.8. The average molecular weight is 537 g/mol. The number of hydrogen-bond acceptors (Lipinski definition) is 6. The fourth-order valence-electron chi connectivity index (χ4n) is 5.07. The highest BCUT2D eigenvalue weighted by atomic mass is 19.1. The summed E-state index contributed by atoms with van der Waals surface area (Å²) in [6.07, 6.45) is 6.00. The van der Waals surface area contributed by atoms with Gasteiger partial charge in [-0.15, -0.1) is 0 Å². The fourth-order valence-corrected chi connectivity index (χ4v) is 5.07. The number of aliphatic hydroxyl groups is 2. The summed E-state index contributed by atoms with van der Waals surface area (Å²) in [6.45, 7) is 0.170. The van der Waals surface area contributed by atoms with Gasteiger partial charge in [-0.3, -0.25) is 4.79 Å². The molecule has 8 nitrogen and oxygen atoms in total. The topological polar surface area (TPSA) is 104 Å². The number of rotatable bonds is 10. The SMILES string of the molecule is O=C(Nc1ccc(N(CCO)CCO)cc1F)c1ccc(-c2c(-c3ccc(F)cc3)ncn2C2CCCC2)o1. The summed E-state index contributed by atoms with van der Waals surface area (Å²) in [5, 5.41) is 21.0. The van der Waals surface area contributed by atoms with Crippen molar-refractivity contribution in [1.82, 2.24) is 9.55 Å². The Balaban J connectivity index is 1.41. The second-order valence-corrected chi connectivity index (χ2v) is 9.51. The molecule has 3 N–H and O–H groups in total. The lowest BCUT2D eigenvalue weighted by molar-refractivity contribution is 0.0997. The zero-order chi connectivity index (χ0) is 27.4. The Bertz CT molecular complexity index is 1420. The van der Waals surface area contributed by atoms with E-state index in [1.54, 1.807) is 35.5 Å². The van der Waals surface area contributed by atoms with Crippen molar-refractivity contribution in [2.45, 2.75) is 31.7 Å². The van der Waals surface area contributed by atoms with Crippen molar-refractivity contribution >= 4 is 17.3 Å². The van der Waals surface area contributed by atoms with Crippen molar-refractivity contribution in [2.75, 3.05) is 36.5 Å². The zero-order valence-electron chi connectivity index (χ0n) is 21.3. The Kier molecular flexibility index (Phi) is 8.04. The Morgan fingerprint density at radius 2 is 1.74 bits per heavy atom. The highest BCUT2D eigenvalue weighted by Crippen LogP contribution is 2.39. The van der Waals surface area contributed by atoms with Crippen LogP contribution in [-0.2, 0) is 0 Å². The number of aliphatic hydroxyl groups excluding tert-OH is 2. The molecule has 1 fully saturated rings. The highest BCUT2D eigenvalue weighted by Gasteiger charge is 2.26. The lowest BCUT2D eigenvalue weighted by Gasteiger charge is -2.23. The van der Waals surface area contributed by atoms with Crippen molar-refractivity contribution in [3.63, 3.8) is 0 Å². The molecule has 0 spiro atoms. The molecule has 204 valence electrons. The number of furan rings is 1. The van der Waals surface area contributed by atoms with Crippen LogP contribution in [0, 0.1) is 11.6 Å². The molecule has 10 heteroatoms. The molecule has 0 saturated heterocycles. The van der Waals surface area contributed by atoms with E-state index >= 15 is 0 Å². The summed E-state index contributed by atoms with van der Waals surface area (Å²) < 4.78 is 36.5. The highest BCUT2D eigenvalue weighted by molar-refractivity contribution is 6.02. The van der Waals surface area contributed by atoms with Crippen LogP contribution in [0.3, 0.4) is 0 Å². The Morgan fingerprint density at radius 1 is 1.03 bits per heavy atom. The van der Waals surface area contributed by atoms with Gasteiger partial charge in [-0.25, -0.2) is 13.8 Å². The Hall–Kier alpha value is -4.02. The van der Waals surface area contributed by atoms with Crippen LogP contribution >= 0.6 is 0 Å². The number of benzene rings is 2. The average Bonchev–Trinajstić information content (AvgIpc) is 3.70. The summed E-state index contributed by atoms with van der Waals surface area (Å²) in [7, 11) is 0. The van der Waals surface area contributed by atoms with Crippen molar-refractivity contribution in [1.29, 1.82) is 0 Å². The van der Waals surface area contributed by atoms with E-state index in [0.29, 0.717) is 22.8 Å². The first-order valence-corrected chi connectivity index (χ1v) is 13.0. The minimum Gasteiger partial charge on any atom is -0.449 e. The summed E-state index contributed by atoms with van der Waals surface area (Å²) >= 11 is 0. The van der Waals surface area contributed by atoms with Crippen LogP contribution in [0.25, 0.3) is 22.7 Å². The van der Waals surface area contributed by atoms with Gasteiger partial charge in [0.05, 0.1) is 30.9 Å². The van der Waals surface area contributed by atoms with Crippen molar-refractivity contribution in [3.8, 4) is 22.7 Å². The monoisotopic (exact) mass is 536 g/mol. The van der Waals surface area contributed by atoms with E-state index in [0.717, 1.165) is 31.2 Å². The van der Waals surface area contributed by atoms with Gasteiger partial charge in [0.25, 0.3) is 5.91 Å². The van der Waals surface area contributed by atoms with Gasteiger partial charge < -0.3 is 29.4 Å². The molecular formula is C29H30F2N4O4. The standard InChI is InChI=1S/C29H30F2N4O4/c30-20-7-5-19(6-8-20)27-28(35(18-32-27)21-3-1-2-4-21)25-11-12-26(39-25)29(38)33-24-10-9-22(17-23(24)31)34(13-15-36)14-16-37/h5-12,17-18,21,36-37H,1-4,13-16H2,(H,33,38). The summed E-state index contributed by atoms with van der Waals surface area (Å²) in [5.74, 6) is -1.19. The molecule has 1 amide bonds. The molecule has 4 aromatic rings. The number of aromatic nitrogens is 2. The van der Waals surface area contributed by atoms with Gasteiger partial charge in [-0.05, 0) is 67.4 Å². The number of imidazole rings is 1. The predicted molar refractivity (Wildman–Crippen MR) is 144 cm³/mol. The van der Waals surface area contributed by atoms with E-state index in [1.807, 2.05) is 0 Å². The van der Waals surface area contributed by atoms with E-state index in [2.05, 4.69) is 14.9 Å². The van der Waals surface area contributed by atoms with Gasteiger partial charge in [-0.1, -0.05) is 12.8 Å². The minimum atomic E-state index is -0.661. The third kappa shape index (κ3) is 5.71. The molecule has 2 heterocycles. The van der Waals surface area contributed by atoms with Gasteiger partial charge in [-0.2, -0.15) is 0 Å². The van der Waals surface area contributed by atoms with Crippen LogP contribution in [0.1, 0.15) is 42.3 Å². The van der Waals surface area contributed by atoms with Crippen molar-refractivity contribution in [3.05, 3.63) is 78.3 Å². The molecule has 0 unspecified atom stereocenters. The summed E-state index contributed by atoms with van der Waals surface area (Å²) in [5.41, 5.74) is 2.50. The first-order chi connectivity index (χ1) is 19.0. The zero-order valence-corrected chi connectivity index (χ0v) is 21.3. The maximum absolute atomic E-state index is 14.9. The number of nitrogens with zero attached hydrogens (tertiary/aromatic N) is 3. The largest absolute Gasteiger partial charge is 0.449 e. The third-order valence-corrected chi connectivity index (χ3v) is 7.00. The number of nitrogens with one attached hydrogen (secondary N) is 1.